The van der Waals surface area contributed by atoms with Gasteiger partial charge in [-0.2, -0.15) is 0 Å². The molecule has 2 rings (SSSR count). The molecule has 1 saturated carbocycles. The summed E-state index contributed by atoms with van der Waals surface area (Å²) in [6, 6.07) is 0.411. The van der Waals surface area contributed by atoms with Crippen molar-refractivity contribution >= 4 is 5.97 Å². The van der Waals surface area contributed by atoms with Crippen LogP contribution in [0, 0.1) is 5.92 Å². The second-order valence-electron chi connectivity index (χ2n) is 5.73. The smallest absolute Gasteiger partial charge is 0.324 e. The summed E-state index contributed by atoms with van der Waals surface area (Å²) in [6.45, 7) is 7.69. The van der Waals surface area contributed by atoms with Crippen molar-refractivity contribution in [2.75, 3.05) is 26.2 Å². The van der Waals surface area contributed by atoms with Crippen LogP contribution in [0.5, 0.6) is 0 Å². The Bertz CT molecular complexity index is 271. The summed E-state index contributed by atoms with van der Waals surface area (Å²) in [7, 11) is 0. The average molecular weight is 254 g/mol. The zero-order valence-electron chi connectivity index (χ0n) is 11.7. The zero-order chi connectivity index (χ0) is 13.0. The Kier molecular flexibility index (Phi) is 5.01. The number of hydrogen-bond acceptors (Lipinski definition) is 4. The molecular formula is C14H26N2O2. The molecule has 1 unspecified atom stereocenters. The lowest BCUT2D eigenvalue weighted by Gasteiger charge is -2.32. The van der Waals surface area contributed by atoms with Crippen LogP contribution in [-0.2, 0) is 9.53 Å². The van der Waals surface area contributed by atoms with Gasteiger partial charge in [0.05, 0.1) is 6.61 Å². The largest absolute Gasteiger partial charge is 0.465 e. The maximum atomic E-state index is 11.9. The topological polar surface area (TPSA) is 41.6 Å². The van der Waals surface area contributed by atoms with Crippen LogP contribution < -0.4 is 5.32 Å². The number of nitrogens with zero attached hydrogens (tertiary/aromatic N) is 1. The van der Waals surface area contributed by atoms with Gasteiger partial charge in [-0.25, -0.2) is 0 Å². The van der Waals surface area contributed by atoms with Crippen molar-refractivity contribution in [3.05, 3.63) is 0 Å². The van der Waals surface area contributed by atoms with Crippen molar-refractivity contribution in [1.29, 1.82) is 0 Å². The van der Waals surface area contributed by atoms with Crippen LogP contribution >= 0.6 is 0 Å². The van der Waals surface area contributed by atoms with E-state index in [4.69, 9.17) is 4.74 Å². The molecule has 18 heavy (non-hydrogen) atoms. The number of carbonyl (C=O) groups is 1. The molecular weight excluding hydrogens is 228 g/mol. The third-order valence-corrected chi connectivity index (χ3v) is 3.90. The predicted octanol–water partition coefficient (Wildman–Crippen LogP) is 1.40. The van der Waals surface area contributed by atoms with Crippen LogP contribution in [0.2, 0.25) is 0 Å². The van der Waals surface area contributed by atoms with Gasteiger partial charge in [-0.15, -0.1) is 0 Å². The molecule has 0 aromatic heterocycles. The Hall–Kier alpha value is -0.610. The van der Waals surface area contributed by atoms with Crippen LogP contribution in [0.3, 0.4) is 0 Å². The molecule has 4 heteroatoms. The molecule has 0 aromatic carbocycles. The summed E-state index contributed by atoms with van der Waals surface area (Å²) in [4.78, 5) is 14.3. The molecule has 0 radical (unpaired) electrons. The van der Waals surface area contributed by atoms with Gasteiger partial charge in [0.25, 0.3) is 0 Å². The lowest BCUT2D eigenvalue weighted by Crippen LogP contribution is -2.49. The third-order valence-electron chi connectivity index (χ3n) is 3.90. The SMILES string of the molecule is CCOC(=O)C(CN1CCC(C)CC1)NC1CC1. The van der Waals surface area contributed by atoms with Gasteiger partial charge in [-0.05, 0) is 51.6 Å². The van der Waals surface area contributed by atoms with Crippen LogP contribution in [0.1, 0.15) is 39.5 Å². The van der Waals surface area contributed by atoms with Crippen LogP contribution in [0.25, 0.3) is 0 Å². The second-order valence-corrected chi connectivity index (χ2v) is 5.73. The fourth-order valence-electron chi connectivity index (χ4n) is 2.48. The van der Waals surface area contributed by atoms with Crippen molar-refractivity contribution in [3.63, 3.8) is 0 Å². The van der Waals surface area contributed by atoms with Gasteiger partial charge in [0.2, 0.25) is 0 Å². The second kappa shape index (κ2) is 6.53. The van der Waals surface area contributed by atoms with Crippen molar-refractivity contribution < 1.29 is 9.53 Å². The van der Waals surface area contributed by atoms with Gasteiger partial charge in [-0.3, -0.25) is 4.79 Å². The van der Waals surface area contributed by atoms with Crippen LogP contribution in [-0.4, -0.2) is 49.2 Å². The highest BCUT2D eigenvalue weighted by Crippen LogP contribution is 2.21. The zero-order valence-corrected chi connectivity index (χ0v) is 11.7. The summed E-state index contributed by atoms with van der Waals surface area (Å²) >= 11 is 0. The van der Waals surface area contributed by atoms with Crippen molar-refractivity contribution in [1.82, 2.24) is 10.2 Å². The van der Waals surface area contributed by atoms with E-state index in [1.807, 2.05) is 6.92 Å². The predicted molar refractivity (Wildman–Crippen MR) is 71.4 cm³/mol. The first-order chi connectivity index (χ1) is 8.69. The fraction of sp³-hybridized carbons (Fsp3) is 0.929. The summed E-state index contributed by atoms with van der Waals surface area (Å²) in [5.74, 6) is 0.752. The number of carbonyl (C=O) groups excluding carboxylic acids is 1. The molecule has 1 saturated heterocycles. The monoisotopic (exact) mass is 254 g/mol. The van der Waals surface area contributed by atoms with Gasteiger partial charge >= 0.3 is 5.97 Å². The molecule has 1 aliphatic carbocycles. The van der Waals surface area contributed by atoms with E-state index in [0.29, 0.717) is 12.6 Å². The summed E-state index contributed by atoms with van der Waals surface area (Å²) in [6.07, 6.45) is 4.90. The highest BCUT2D eigenvalue weighted by atomic mass is 16.5. The van der Waals surface area contributed by atoms with Gasteiger partial charge < -0.3 is 15.0 Å². The van der Waals surface area contributed by atoms with E-state index in [1.54, 1.807) is 0 Å². The number of hydrogen-bond donors (Lipinski definition) is 1. The number of nitrogens with one attached hydrogen (secondary N) is 1. The third kappa shape index (κ3) is 4.25. The molecule has 4 nitrogen and oxygen atoms in total. The lowest BCUT2D eigenvalue weighted by atomic mass is 9.99. The summed E-state index contributed by atoms with van der Waals surface area (Å²) < 4.78 is 5.17. The summed E-state index contributed by atoms with van der Waals surface area (Å²) in [5.41, 5.74) is 0. The molecule has 1 N–H and O–H groups in total. The minimum atomic E-state index is -0.133. The molecule has 0 spiro atoms. The number of rotatable bonds is 6. The van der Waals surface area contributed by atoms with Crippen LogP contribution in [0.15, 0.2) is 0 Å². The van der Waals surface area contributed by atoms with Crippen molar-refractivity contribution in [2.24, 2.45) is 5.92 Å². The van der Waals surface area contributed by atoms with Gasteiger partial charge in [0, 0.05) is 12.6 Å². The number of ether oxygens (including phenoxy) is 1. The molecule has 0 bridgehead atoms. The van der Waals surface area contributed by atoms with Crippen molar-refractivity contribution in [2.45, 2.75) is 51.6 Å². The van der Waals surface area contributed by atoms with E-state index in [9.17, 15) is 4.79 Å². The average Bonchev–Trinajstić information content (AvgIpc) is 3.15. The minimum absolute atomic E-state index is 0.0805. The maximum absolute atomic E-state index is 11.9. The first-order valence-corrected chi connectivity index (χ1v) is 7.34. The molecule has 0 aromatic rings. The number of likely N-dealkylation sites (tertiary alicyclic amines) is 1. The first kappa shape index (κ1) is 13.8. The Morgan fingerprint density at radius 2 is 2.00 bits per heavy atom. The Morgan fingerprint density at radius 3 is 2.56 bits per heavy atom. The molecule has 1 heterocycles. The van der Waals surface area contributed by atoms with Gasteiger partial charge in [0.1, 0.15) is 6.04 Å². The molecule has 2 fully saturated rings. The molecule has 104 valence electrons. The van der Waals surface area contributed by atoms with E-state index in [2.05, 4.69) is 17.1 Å². The summed E-state index contributed by atoms with van der Waals surface area (Å²) in [5, 5.41) is 3.42. The number of piperidine rings is 1. The quantitative estimate of drug-likeness (QED) is 0.728. The Labute approximate surface area is 110 Å². The normalized spacial score (nSPS) is 23.9. The standard InChI is InChI=1S/C14H26N2O2/c1-3-18-14(17)13(15-12-4-5-12)10-16-8-6-11(2)7-9-16/h11-13,15H,3-10H2,1-2H3. The Morgan fingerprint density at radius 1 is 1.33 bits per heavy atom. The van der Waals surface area contributed by atoms with Crippen molar-refractivity contribution in [3.8, 4) is 0 Å². The van der Waals surface area contributed by atoms with E-state index in [0.717, 1.165) is 25.6 Å². The van der Waals surface area contributed by atoms with E-state index in [-0.39, 0.29) is 12.0 Å². The van der Waals surface area contributed by atoms with E-state index >= 15 is 0 Å². The molecule has 0 amide bonds. The molecule has 1 atom stereocenters. The Balaban J connectivity index is 1.81. The van der Waals surface area contributed by atoms with E-state index < -0.39 is 0 Å². The molecule has 1 aliphatic heterocycles. The minimum Gasteiger partial charge on any atom is -0.465 e. The fourth-order valence-corrected chi connectivity index (χ4v) is 2.48. The lowest BCUT2D eigenvalue weighted by molar-refractivity contribution is -0.146. The number of esters is 1. The maximum Gasteiger partial charge on any atom is 0.324 e. The van der Waals surface area contributed by atoms with Crippen LogP contribution in [0.4, 0.5) is 0 Å². The highest BCUT2D eigenvalue weighted by molar-refractivity contribution is 5.76. The van der Waals surface area contributed by atoms with Gasteiger partial charge in [0.15, 0.2) is 0 Å². The van der Waals surface area contributed by atoms with Gasteiger partial charge in [-0.1, -0.05) is 6.92 Å². The molecule has 2 aliphatic rings. The van der Waals surface area contributed by atoms with E-state index in [1.165, 1.54) is 25.7 Å². The highest BCUT2D eigenvalue weighted by Gasteiger charge is 2.31. The first-order valence-electron chi connectivity index (χ1n) is 7.34.